The highest BCUT2D eigenvalue weighted by Crippen LogP contribution is 2.13. The minimum Gasteiger partial charge on any atom is -0.467 e. The zero-order chi connectivity index (χ0) is 20.7. The van der Waals surface area contributed by atoms with Crippen LogP contribution in [0.4, 0.5) is 8.78 Å². The van der Waals surface area contributed by atoms with Crippen LogP contribution in [-0.4, -0.2) is 39.2 Å². The number of hydrogen-bond acceptors (Lipinski definition) is 5. The minimum atomic E-state index is -3.66. The third-order valence-corrected chi connectivity index (χ3v) is 5.73. The first-order chi connectivity index (χ1) is 13.2. The van der Waals surface area contributed by atoms with Crippen LogP contribution in [0.15, 0.2) is 53.4 Å². The number of sulfone groups is 1. The van der Waals surface area contributed by atoms with Crippen LogP contribution in [0.5, 0.6) is 0 Å². The highest BCUT2D eigenvalue weighted by Gasteiger charge is 2.25. The van der Waals surface area contributed by atoms with E-state index in [9.17, 15) is 26.8 Å². The van der Waals surface area contributed by atoms with E-state index >= 15 is 0 Å². The molecule has 0 unspecified atom stereocenters. The third kappa shape index (κ3) is 5.85. The molecular formula is C19H19F2NO5S. The lowest BCUT2D eigenvalue weighted by atomic mass is 10.1. The molecule has 0 saturated carbocycles. The minimum absolute atomic E-state index is 0.0561. The maximum Gasteiger partial charge on any atom is 0.328 e. The predicted molar refractivity (Wildman–Crippen MR) is 97.1 cm³/mol. The van der Waals surface area contributed by atoms with Crippen LogP contribution < -0.4 is 5.32 Å². The Morgan fingerprint density at radius 1 is 1.11 bits per heavy atom. The number of hydrogen-bond donors (Lipinski definition) is 1. The number of esters is 1. The molecule has 2 aromatic carbocycles. The fourth-order valence-electron chi connectivity index (χ4n) is 2.49. The molecule has 2 aromatic rings. The fourth-order valence-corrected chi connectivity index (χ4v) is 3.85. The van der Waals surface area contributed by atoms with Gasteiger partial charge in [-0.05, 0) is 30.2 Å². The summed E-state index contributed by atoms with van der Waals surface area (Å²) in [5.74, 6) is -3.62. The van der Waals surface area contributed by atoms with Crippen molar-refractivity contribution in [2.75, 3.05) is 12.9 Å². The molecule has 28 heavy (non-hydrogen) atoms. The number of nitrogens with one attached hydrogen (secondary N) is 1. The summed E-state index contributed by atoms with van der Waals surface area (Å²) in [4.78, 5) is 24.2. The summed E-state index contributed by atoms with van der Waals surface area (Å²) in [5, 5.41) is 2.34. The maximum absolute atomic E-state index is 13.7. The van der Waals surface area contributed by atoms with E-state index in [1.165, 1.54) is 12.1 Å². The summed E-state index contributed by atoms with van der Waals surface area (Å²) >= 11 is 0. The van der Waals surface area contributed by atoms with Crippen molar-refractivity contribution >= 4 is 21.7 Å². The van der Waals surface area contributed by atoms with Gasteiger partial charge in [0.25, 0.3) is 0 Å². The Kier molecular flexibility index (Phi) is 7.22. The molecule has 0 aliphatic carbocycles. The van der Waals surface area contributed by atoms with Gasteiger partial charge in [-0.2, -0.15) is 0 Å². The van der Waals surface area contributed by atoms with Crippen LogP contribution in [0.1, 0.15) is 12.0 Å². The van der Waals surface area contributed by atoms with E-state index in [4.69, 9.17) is 0 Å². The topological polar surface area (TPSA) is 89.5 Å². The summed E-state index contributed by atoms with van der Waals surface area (Å²) in [7, 11) is -2.56. The molecule has 2 rings (SSSR count). The van der Waals surface area contributed by atoms with Crippen molar-refractivity contribution in [3.05, 3.63) is 65.7 Å². The maximum atomic E-state index is 13.7. The molecule has 150 valence electrons. The molecule has 1 atom stereocenters. The molecule has 0 spiro atoms. The summed E-state index contributed by atoms with van der Waals surface area (Å²) < 4.78 is 55.9. The van der Waals surface area contributed by atoms with Gasteiger partial charge in [0.15, 0.2) is 9.84 Å². The third-order valence-electron chi connectivity index (χ3n) is 3.96. The lowest BCUT2D eigenvalue weighted by Crippen LogP contribution is -2.43. The van der Waals surface area contributed by atoms with Gasteiger partial charge in [-0.15, -0.1) is 0 Å². The number of methoxy groups -OCH3 is 1. The van der Waals surface area contributed by atoms with Crippen molar-refractivity contribution in [2.45, 2.75) is 23.8 Å². The number of rotatable bonds is 8. The van der Waals surface area contributed by atoms with Crippen molar-refractivity contribution in [2.24, 2.45) is 0 Å². The average molecular weight is 411 g/mol. The molecule has 0 aromatic heterocycles. The molecule has 1 amide bonds. The first kappa shape index (κ1) is 21.5. The second-order valence-electron chi connectivity index (χ2n) is 5.98. The number of carbonyl (C=O) groups is 2. The predicted octanol–water partition coefficient (Wildman–Crippen LogP) is 2.03. The summed E-state index contributed by atoms with van der Waals surface area (Å²) in [6.07, 6.45) is -0.660. The molecule has 9 heteroatoms. The lowest BCUT2D eigenvalue weighted by molar-refractivity contribution is -0.145. The molecule has 0 aliphatic heterocycles. The molecular weight excluding hydrogens is 392 g/mol. The summed E-state index contributed by atoms with van der Waals surface area (Å²) in [6.45, 7) is 0. The quantitative estimate of drug-likeness (QED) is 0.672. The van der Waals surface area contributed by atoms with E-state index in [1.807, 2.05) is 0 Å². The van der Waals surface area contributed by atoms with E-state index in [-0.39, 0.29) is 16.9 Å². The monoisotopic (exact) mass is 411 g/mol. The fraction of sp³-hybridized carbons (Fsp3) is 0.263. The van der Waals surface area contributed by atoms with Gasteiger partial charge in [-0.25, -0.2) is 22.0 Å². The number of ether oxygens (including phenoxy) is 1. The van der Waals surface area contributed by atoms with Crippen molar-refractivity contribution in [3.8, 4) is 0 Å². The van der Waals surface area contributed by atoms with Gasteiger partial charge >= 0.3 is 5.97 Å². The average Bonchev–Trinajstić information content (AvgIpc) is 2.67. The SMILES string of the molecule is COC(=O)[C@@H](CCS(=O)(=O)c1ccccc1)NC(=O)Cc1ccc(F)cc1F. The zero-order valence-corrected chi connectivity index (χ0v) is 15.8. The van der Waals surface area contributed by atoms with E-state index in [0.29, 0.717) is 6.07 Å². The summed E-state index contributed by atoms with van der Waals surface area (Å²) in [6, 6.07) is 9.23. The number of halogens is 2. The highest BCUT2D eigenvalue weighted by molar-refractivity contribution is 7.91. The highest BCUT2D eigenvalue weighted by atomic mass is 32.2. The Hall–Kier alpha value is -2.81. The van der Waals surface area contributed by atoms with Gasteiger partial charge < -0.3 is 10.1 Å². The normalized spacial score (nSPS) is 12.2. The Bertz CT molecular complexity index is 948. The Labute approximate surface area is 161 Å². The first-order valence-electron chi connectivity index (χ1n) is 8.32. The second-order valence-corrected chi connectivity index (χ2v) is 8.09. The van der Waals surface area contributed by atoms with Crippen LogP contribution in [-0.2, 0) is 30.6 Å². The smallest absolute Gasteiger partial charge is 0.328 e. The van der Waals surface area contributed by atoms with Crippen molar-refractivity contribution in [1.82, 2.24) is 5.32 Å². The van der Waals surface area contributed by atoms with E-state index in [0.717, 1.165) is 19.2 Å². The zero-order valence-electron chi connectivity index (χ0n) is 15.0. The van der Waals surface area contributed by atoms with Crippen LogP contribution in [0.25, 0.3) is 0 Å². The van der Waals surface area contributed by atoms with Crippen LogP contribution >= 0.6 is 0 Å². The molecule has 0 radical (unpaired) electrons. The molecule has 1 N–H and O–H groups in total. The van der Waals surface area contributed by atoms with E-state index in [2.05, 4.69) is 10.1 Å². The molecule has 6 nitrogen and oxygen atoms in total. The first-order valence-corrected chi connectivity index (χ1v) is 9.97. The molecule has 0 heterocycles. The van der Waals surface area contributed by atoms with Crippen LogP contribution in [0.2, 0.25) is 0 Å². The number of benzene rings is 2. The van der Waals surface area contributed by atoms with Gasteiger partial charge in [-0.1, -0.05) is 24.3 Å². The number of amides is 1. The Morgan fingerprint density at radius 2 is 1.79 bits per heavy atom. The number of carbonyl (C=O) groups excluding carboxylic acids is 2. The van der Waals surface area contributed by atoms with Gasteiger partial charge in [0.1, 0.15) is 17.7 Å². The van der Waals surface area contributed by atoms with Gasteiger partial charge in [-0.3, -0.25) is 4.79 Å². The summed E-state index contributed by atoms with van der Waals surface area (Å²) in [5.41, 5.74) is -0.0561. The largest absolute Gasteiger partial charge is 0.467 e. The Morgan fingerprint density at radius 3 is 2.39 bits per heavy atom. The standard InChI is InChI=1S/C19H19F2NO5S/c1-27-19(24)17(9-10-28(25,26)15-5-3-2-4-6-15)22-18(23)11-13-7-8-14(20)12-16(13)21/h2-8,12,17H,9-11H2,1H3,(H,22,23)/t17-/m1/s1. The van der Waals surface area contributed by atoms with E-state index in [1.54, 1.807) is 18.2 Å². The van der Waals surface area contributed by atoms with Gasteiger partial charge in [0.2, 0.25) is 5.91 Å². The lowest BCUT2D eigenvalue weighted by Gasteiger charge is -2.17. The van der Waals surface area contributed by atoms with Crippen LogP contribution in [0.3, 0.4) is 0 Å². The van der Waals surface area contributed by atoms with Crippen molar-refractivity contribution in [1.29, 1.82) is 0 Å². The van der Waals surface area contributed by atoms with Crippen molar-refractivity contribution in [3.63, 3.8) is 0 Å². The molecule has 0 bridgehead atoms. The van der Waals surface area contributed by atoms with Crippen LogP contribution in [0, 0.1) is 11.6 Å². The molecule has 0 saturated heterocycles. The molecule has 0 fully saturated rings. The van der Waals surface area contributed by atoms with E-state index < -0.39 is 51.6 Å². The second kappa shape index (κ2) is 9.41. The van der Waals surface area contributed by atoms with Gasteiger partial charge in [0.05, 0.1) is 24.2 Å². The molecule has 0 aliphatic rings. The van der Waals surface area contributed by atoms with Crippen molar-refractivity contribution < 1.29 is 31.5 Å². The Balaban J connectivity index is 2.05. The van der Waals surface area contributed by atoms with Gasteiger partial charge in [0, 0.05) is 6.07 Å².